The van der Waals surface area contributed by atoms with Gasteiger partial charge in [0.1, 0.15) is 11.8 Å². The van der Waals surface area contributed by atoms with Crippen molar-refractivity contribution in [1.29, 1.82) is 5.26 Å². The molecule has 1 amide bonds. The standard InChI is InChI=1S/C22H16F3N5O5/c23-22(24,25)34-15-6-11(10-26)5-14(8-15)20-28-19(29-35-20)13-1-2-17-12(7-13)3-4-30(17)18(31)9-16(27)21(32)33/h1-2,5-8,16H,3-4,9,27H2,(H,32,33)/t16-/m1/s1. The normalized spacial score (nSPS) is 13.7. The molecule has 0 aliphatic carbocycles. The summed E-state index contributed by atoms with van der Waals surface area (Å²) in [5, 5.41) is 21.9. The molecule has 13 heteroatoms. The third kappa shape index (κ3) is 5.22. The van der Waals surface area contributed by atoms with Crippen LogP contribution in [0.3, 0.4) is 0 Å². The molecular weight excluding hydrogens is 471 g/mol. The number of carbonyl (C=O) groups excluding carboxylic acids is 1. The highest BCUT2D eigenvalue weighted by Gasteiger charge is 2.32. The number of alkyl halides is 3. The van der Waals surface area contributed by atoms with E-state index in [1.165, 1.54) is 11.0 Å². The summed E-state index contributed by atoms with van der Waals surface area (Å²) in [4.78, 5) is 29.0. The highest BCUT2D eigenvalue weighted by Crippen LogP contribution is 2.34. The Labute approximate surface area is 195 Å². The number of carboxylic acids is 1. The average molecular weight is 487 g/mol. The summed E-state index contributed by atoms with van der Waals surface area (Å²) in [5.74, 6) is -2.26. The van der Waals surface area contributed by atoms with Crippen molar-refractivity contribution in [2.24, 2.45) is 5.73 Å². The number of ether oxygens (including phenoxy) is 1. The van der Waals surface area contributed by atoms with Gasteiger partial charge in [-0.05, 0) is 48.4 Å². The third-order valence-corrected chi connectivity index (χ3v) is 5.19. The SMILES string of the molecule is N#Cc1cc(OC(F)(F)F)cc(-c2nc(-c3ccc4c(c3)CCN4C(=O)C[C@@H](N)C(=O)O)no2)c1. The van der Waals surface area contributed by atoms with Crippen molar-refractivity contribution in [1.82, 2.24) is 10.1 Å². The smallest absolute Gasteiger partial charge is 0.480 e. The average Bonchev–Trinajstić information content (AvgIpc) is 3.44. The minimum atomic E-state index is -4.94. The number of nitriles is 1. The molecule has 0 bridgehead atoms. The zero-order chi connectivity index (χ0) is 25.3. The van der Waals surface area contributed by atoms with Crippen molar-refractivity contribution in [2.45, 2.75) is 25.2 Å². The van der Waals surface area contributed by atoms with Crippen LogP contribution in [0, 0.1) is 11.3 Å². The van der Waals surface area contributed by atoms with E-state index in [-0.39, 0.29) is 29.3 Å². The molecule has 3 N–H and O–H groups in total. The number of aromatic nitrogens is 2. The topological polar surface area (TPSA) is 156 Å². The van der Waals surface area contributed by atoms with Gasteiger partial charge < -0.3 is 25.0 Å². The highest BCUT2D eigenvalue weighted by atomic mass is 19.4. The van der Waals surface area contributed by atoms with Gasteiger partial charge in [-0.1, -0.05) is 5.16 Å². The van der Waals surface area contributed by atoms with Gasteiger partial charge in [0.15, 0.2) is 0 Å². The number of nitrogens with two attached hydrogens (primary N) is 1. The van der Waals surface area contributed by atoms with E-state index in [1.54, 1.807) is 24.3 Å². The van der Waals surface area contributed by atoms with Gasteiger partial charge >= 0.3 is 12.3 Å². The van der Waals surface area contributed by atoms with E-state index in [9.17, 15) is 22.8 Å². The van der Waals surface area contributed by atoms with Gasteiger partial charge in [-0.25, -0.2) is 0 Å². The molecule has 1 aromatic heterocycles. The van der Waals surface area contributed by atoms with Gasteiger partial charge in [-0.3, -0.25) is 9.59 Å². The molecule has 2 aromatic carbocycles. The number of amides is 1. The third-order valence-electron chi connectivity index (χ3n) is 5.19. The van der Waals surface area contributed by atoms with Crippen LogP contribution in [0.25, 0.3) is 22.8 Å². The lowest BCUT2D eigenvalue weighted by atomic mass is 10.1. The first-order chi connectivity index (χ1) is 16.5. The fraction of sp³-hybridized carbons (Fsp3) is 0.227. The quantitative estimate of drug-likeness (QED) is 0.534. The summed E-state index contributed by atoms with van der Waals surface area (Å²) < 4.78 is 46.9. The Hall–Kier alpha value is -4.44. The van der Waals surface area contributed by atoms with Crippen molar-refractivity contribution in [3.63, 3.8) is 0 Å². The van der Waals surface area contributed by atoms with E-state index >= 15 is 0 Å². The zero-order valence-corrected chi connectivity index (χ0v) is 17.7. The Morgan fingerprint density at radius 1 is 1.26 bits per heavy atom. The number of carbonyl (C=O) groups is 2. The molecule has 180 valence electrons. The Morgan fingerprint density at radius 3 is 2.71 bits per heavy atom. The van der Waals surface area contributed by atoms with Crippen LogP contribution in [0.1, 0.15) is 17.5 Å². The number of halogens is 3. The first kappa shape index (κ1) is 23.7. The van der Waals surface area contributed by atoms with Crippen molar-refractivity contribution in [3.8, 4) is 34.7 Å². The number of rotatable bonds is 6. The first-order valence-corrected chi connectivity index (χ1v) is 10.1. The lowest BCUT2D eigenvalue weighted by Crippen LogP contribution is -2.38. The number of aliphatic carboxylic acids is 1. The van der Waals surface area contributed by atoms with Crippen LogP contribution in [-0.4, -0.2) is 46.1 Å². The molecule has 3 aromatic rings. The molecule has 1 atom stereocenters. The molecule has 1 aliphatic rings. The molecule has 4 rings (SSSR count). The van der Waals surface area contributed by atoms with Gasteiger partial charge in [-0.2, -0.15) is 10.2 Å². The van der Waals surface area contributed by atoms with Crippen molar-refractivity contribution in [3.05, 3.63) is 47.5 Å². The van der Waals surface area contributed by atoms with E-state index < -0.39 is 30.0 Å². The van der Waals surface area contributed by atoms with Crippen LogP contribution in [-0.2, 0) is 16.0 Å². The lowest BCUT2D eigenvalue weighted by molar-refractivity contribution is -0.274. The summed E-state index contributed by atoms with van der Waals surface area (Å²) in [6.07, 6.45) is -4.78. The van der Waals surface area contributed by atoms with Crippen LogP contribution in [0.2, 0.25) is 0 Å². The number of anilines is 1. The minimum absolute atomic E-state index is 0.0646. The number of nitrogens with zero attached hydrogens (tertiary/aromatic N) is 4. The van der Waals surface area contributed by atoms with Gasteiger partial charge in [0.05, 0.1) is 18.1 Å². The predicted octanol–water partition coefficient (Wildman–Crippen LogP) is 2.86. The second-order valence-electron chi connectivity index (χ2n) is 7.62. The van der Waals surface area contributed by atoms with Gasteiger partial charge in [-0.15, -0.1) is 13.2 Å². The van der Waals surface area contributed by atoms with E-state index in [0.29, 0.717) is 24.2 Å². The summed E-state index contributed by atoms with van der Waals surface area (Å²) >= 11 is 0. The summed E-state index contributed by atoms with van der Waals surface area (Å²) in [5.41, 5.74) is 7.35. The fourth-order valence-corrected chi connectivity index (χ4v) is 3.62. The maximum atomic E-state index is 12.6. The summed E-state index contributed by atoms with van der Waals surface area (Å²) in [6, 6.07) is 8.72. The van der Waals surface area contributed by atoms with E-state index in [4.69, 9.17) is 20.6 Å². The molecule has 1 aliphatic heterocycles. The largest absolute Gasteiger partial charge is 0.573 e. The van der Waals surface area contributed by atoms with Crippen molar-refractivity contribution >= 4 is 17.6 Å². The number of hydrogen-bond acceptors (Lipinski definition) is 8. The van der Waals surface area contributed by atoms with Crippen LogP contribution < -0.4 is 15.4 Å². The van der Waals surface area contributed by atoms with E-state index in [2.05, 4.69) is 14.9 Å². The highest BCUT2D eigenvalue weighted by molar-refractivity contribution is 5.98. The minimum Gasteiger partial charge on any atom is -0.480 e. The van der Waals surface area contributed by atoms with Crippen LogP contribution >= 0.6 is 0 Å². The Morgan fingerprint density at radius 2 is 2.03 bits per heavy atom. The second-order valence-corrected chi connectivity index (χ2v) is 7.62. The zero-order valence-electron chi connectivity index (χ0n) is 17.7. The van der Waals surface area contributed by atoms with Crippen LogP contribution in [0.15, 0.2) is 40.9 Å². The van der Waals surface area contributed by atoms with Crippen LogP contribution in [0.5, 0.6) is 5.75 Å². The number of hydrogen-bond donors (Lipinski definition) is 2. The van der Waals surface area contributed by atoms with E-state index in [1.807, 2.05) is 0 Å². The van der Waals surface area contributed by atoms with Gasteiger partial charge in [0.2, 0.25) is 11.7 Å². The van der Waals surface area contributed by atoms with Gasteiger partial charge in [0.25, 0.3) is 5.89 Å². The molecule has 0 fully saturated rings. The monoisotopic (exact) mass is 487 g/mol. The van der Waals surface area contributed by atoms with Gasteiger partial charge in [0, 0.05) is 23.4 Å². The molecule has 0 saturated heterocycles. The molecule has 0 radical (unpaired) electrons. The lowest BCUT2D eigenvalue weighted by Gasteiger charge is -2.18. The molecule has 10 nitrogen and oxygen atoms in total. The first-order valence-electron chi connectivity index (χ1n) is 10.1. The number of fused-ring (bicyclic) bond motifs is 1. The molecule has 2 heterocycles. The Kier molecular flexibility index (Phi) is 6.14. The second kappa shape index (κ2) is 9.07. The number of carboxylic acid groups (broad SMARTS) is 1. The molecule has 0 spiro atoms. The maximum Gasteiger partial charge on any atom is 0.573 e. The number of benzene rings is 2. The molecular formula is C22H16F3N5O5. The maximum absolute atomic E-state index is 12.6. The molecule has 0 unspecified atom stereocenters. The molecule has 0 saturated carbocycles. The fourth-order valence-electron chi connectivity index (χ4n) is 3.62. The van der Waals surface area contributed by atoms with Crippen molar-refractivity contribution in [2.75, 3.05) is 11.4 Å². The van der Waals surface area contributed by atoms with E-state index in [0.717, 1.165) is 17.7 Å². The Balaban J connectivity index is 1.58. The van der Waals surface area contributed by atoms with Crippen molar-refractivity contribution < 1.29 is 37.1 Å². The summed E-state index contributed by atoms with van der Waals surface area (Å²) in [6.45, 7) is 0.352. The summed E-state index contributed by atoms with van der Waals surface area (Å²) in [7, 11) is 0. The molecule has 35 heavy (non-hydrogen) atoms. The Bertz CT molecular complexity index is 1350. The predicted molar refractivity (Wildman–Crippen MR) is 113 cm³/mol. The van der Waals surface area contributed by atoms with Crippen LogP contribution in [0.4, 0.5) is 18.9 Å².